The van der Waals surface area contributed by atoms with Crippen molar-refractivity contribution in [2.45, 2.75) is 6.61 Å². The monoisotopic (exact) mass is 328 g/mol. The van der Waals surface area contributed by atoms with E-state index >= 15 is 0 Å². The number of carbonyl (C=O) groups is 2. The van der Waals surface area contributed by atoms with E-state index in [0.29, 0.717) is 4.57 Å². The van der Waals surface area contributed by atoms with E-state index in [1.807, 2.05) is 30.3 Å². The van der Waals surface area contributed by atoms with Gasteiger partial charge in [0.05, 0.1) is 5.39 Å². The summed E-state index contributed by atoms with van der Waals surface area (Å²) in [6.07, 6.45) is -0.485. The lowest BCUT2D eigenvalue weighted by atomic mass is 10.2. The molecule has 2 N–H and O–H groups in total. The van der Waals surface area contributed by atoms with Crippen molar-refractivity contribution in [2.75, 3.05) is 0 Å². The van der Waals surface area contributed by atoms with Gasteiger partial charge < -0.3 is 20.2 Å². The molecule has 2 heterocycles. The fraction of sp³-hybridized carbons (Fsp3) is 0.0625. The second-order valence-electron chi connectivity index (χ2n) is 5.01. The predicted molar refractivity (Wildman–Crippen MR) is 82.1 cm³/mol. The average molecular weight is 328 g/mol. The van der Waals surface area contributed by atoms with Crippen LogP contribution >= 0.6 is 0 Å². The Kier molecular flexibility index (Phi) is 3.78. The Morgan fingerprint density at radius 3 is 2.50 bits per heavy atom. The highest BCUT2D eigenvalue weighted by atomic mass is 16.5. The summed E-state index contributed by atoms with van der Waals surface area (Å²) in [7, 11) is 0. The highest BCUT2D eigenvalue weighted by molar-refractivity contribution is 5.98. The van der Waals surface area contributed by atoms with E-state index in [9.17, 15) is 14.8 Å². The minimum atomic E-state index is -1.55. The van der Waals surface area contributed by atoms with Crippen molar-refractivity contribution < 1.29 is 29.3 Å². The first-order valence-corrected chi connectivity index (χ1v) is 6.89. The van der Waals surface area contributed by atoms with E-state index in [0.717, 1.165) is 17.8 Å². The number of benzene rings is 1. The molecule has 2 aromatic heterocycles. The molecular formula is C16H12N2O6. The summed E-state index contributed by atoms with van der Waals surface area (Å²) in [4.78, 5) is 22.4. The lowest BCUT2D eigenvalue weighted by molar-refractivity contribution is -0.580. The molecule has 0 aliphatic rings. The first-order valence-electron chi connectivity index (χ1n) is 6.89. The van der Waals surface area contributed by atoms with Crippen LogP contribution in [0.25, 0.3) is 11.0 Å². The highest BCUT2D eigenvalue weighted by Crippen LogP contribution is 2.22. The van der Waals surface area contributed by atoms with Crippen LogP contribution in [0.15, 0.2) is 48.7 Å². The van der Waals surface area contributed by atoms with Gasteiger partial charge in [0.2, 0.25) is 5.69 Å². The Bertz CT molecular complexity index is 933. The molecule has 0 radical (unpaired) electrons. The van der Waals surface area contributed by atoms with E-state index in [2.05, 4.69) is 0 Å². The molecule has 8 nitrogen and oxygen atoms in total. The standard InChI is InChI=1S/C16H12N2O6/c19-15(20)13-7-11-6-12(24-9-10-4-2-1-3-5-10)8-17(23)14(11)18(13)16(21)22/h1-8H,9H2,(H,19,20)(H,21,22). The number of aromatic carboxylic acids is 1. The van der Waals surface area contributed by atoms with Crippen LogP contribution in [-0.2, 0) is 6.61 Å². The number of carboxylic acids is 1. The van der Waals surface area contributed by atoms with Crippen molar-refractivity contribution in [1.82, 2.24) is 4.57 Å². The molecule has 0 aliphatic heterocycles. The molecule has 3 aromatic rings. The van der Waals surface area contributed by atoms with Gasteiger partial charge in [-0.05, 0) is 11.6 Å². The van der Waals surface area contributed by atoms with Crippen LogP contribution < -0.4 is 9.47 Å². The Balaban J connectivity index is 2.01. The van der Waals surface area contributed by atoms with Gasteiger partial charge in [-0.2, -0.15) is 4.79 Å². The normalized spacial score (nSPS) is 10.7. The summed E-state index contributed by atoms with van der Waals surface area (Å²) in [5.74, 6) is -1.24. The SMILES string of the molecule is O=C(O)c1cc2cc(OCc3ccccc3)c[n+]([O-])c2n1C(=O)O. The maximum absolute atomic E-state index is 12.1. The number of ether oxygens (including phenoxy) is 1. The Morgan fingerprint density at radius 1 is 1.17 bits per heavy atom. The summed E-state index contributed by atoms with van der Waals surface area (Å²) < 4.78 is 6.25. The van der Waals surface area contributed by atoms with E-state index < -0.39 is 17.8 Å². The second-order valence-corrected chi connectivity index (χ2v) is 5.01. The highest BCUT2D eigenvalue weighted by Gasteiger charge is 2.28. The number of aromatic nitrogens is 2. The van der Waals surface area contributed by atoms with Crippen LogP contribution in [0.1, 0.15) is 16.1 Å². The van der Waals surface area contributed by atoms with Crippen LogP contribution in [0.2, 0.25) is 0 Å². The van der Waals surface area contributed by atoms with Crippen LogP contribution in [0.3, 0.4) is 0 Å². The number of pyridine rings is 1. The molecular weight excluding hydrogens is 316 g/mol. The summed E-state index contributed by atoms with van der Waals surface area (Å²) in [5, 5.41) is 30.6. The molecule has 0 unspecified atom stereocenters. The van der Waals surface area contributed by atoms with E-state index in [-0.39, 0.29) is 28.1 Å². The maximum atomic E-state index is 12.1. The molecule has 0 amide bonds. The fourth-order valence-electron chi connectivity index (χ4n) is 2.39. The van der Waals surface area contributed by atoms with Gasteiger partial charge in [0.1, 0.15) is 12.8 Å². The molecule has 8 heteroatoms. The van der Waals surface area contributed by atoms with Crippen LogP contribution in [0.4, 0.5) is 4.79 Å². The molecule has 24 heavy (non-hydrogen) atoms. The van der Waals surface area contributed by atoms with Crippen molar-refractivity contribution >= 4 is 23.1 Å². The molecule has 3 rings (SSSR count). The number of fused-ring (bicyclic) bond motifs is 1. The predicted octanol–water partition coefficient (Wildman–Crippen LogP) is 2.08. The second kappa shape index (κ2) is 5.92. The minimum absolute atomic E-state index is 0.162. The molecule has 0 bridgehead atoms. The molecule has 0 atom stereocenters. The summed E-state index contributed by atoms with van der Waals surface area (Å²) in [6, 6.07) is 11.8. The van der Waals surface area contributed by atoms with E-state index in [1.165, 1.54) is 6.07 Å². The molecule has 0 spiro atoms. The van der Waals surface area contributed by atoms with Crippen molar-refractivity contribution in [1.29, 1.82) is 0 Å². The van der Waals surface area contributed by atoms with Gasteiger partial charge in [-0.1, -0.05) is 30.3 Å². The molecule has 122 valence electrons. The third kappa shape index (κ3) is 2.72. The zero-order chi connectivity index (χ0) is 17.3. The Labute approximate surface area is 135 Å². The summed E-state index contributed by atoms with van der Waals surface area (Å²) in [5.41, 5.74) is 0.0960. The van der Waals surface area contributed by atoms with E-state index in [1.54, 1.807) is 0 Å². The number of hydrogen-bond acceptors (Lipinski definition) is 4. The quantitative estimate of drug-likeness (QED) is 0.559. The fourth-order valence-corrected chi connectivity index (χ4v) is 2.39. The van der Waals surface area contributed by atoms with Crippen LogP contribution in [0.5, 0.6) is 5.75 Å². The van der Waals surface area contributed by atoms with Gasteiger partial charge in [0.25, 0.3) is 0 Å². The topological polar surface area (TPSA) is 116 Å². The third-order valence-electron chi connectivity index (χ3n) is 3.41. The molecule has 0 saturated heterocycles. The maximum Gasteiger partial charge on any atom is 0.510 e. The summed E-state index contributed by atoms with van der Waals surface area (Å²) in [6.45, 7) is 0.220. The molecule has 0 fully saturated rings. The Hall–Kier alpha value is -3.55. The van der Waals surface area contributed by atoms with Crippen LogP contribution in [0, 0.1) is 5.21 Å². The largest absolute Gasteiger partial charge is 0.710 e. The molecule has 0 aliphatic carbocycles. The van der Waals surface area contributed by atoms with Gasteiger partial charge >= 0.3 is 17.7 Å². The molecule has 0 saturated carbocycles. The minimum Gasteiger partial charge on any atom is -0.710 e. The smallest absolute Gasteiger partial charge is 0.510 e. The third-order valence-corrected chi connectivity index (χ3v) is 3.41. The van der Waals surface area contributed by atoms with Gasteiger partial charge in [-0.15, -0.1) is 4.57 Å². The van der Waals surface area contributed by atoms with Crippen molar-refractivity contribution in [3.8, 4) is 5.75 Å². The molecule has 1 aromatic carbocycles. The van der Waals surface area contributed by atoms with E-state index in [4.69, 9.17) is 14.9 Å². The van der Waals surface area contributed by atoms with Gasteiger partial charge in [0, 0.05) is 6.07 Å². The first-order chi connectivity index (χ1) is 11.5. The number of hydrogen-bond donors (Lipinski definition) is 2. The lowest BCUT2D eigenvalue weighted by Gasteiger charge is -2.09. The summed E-state index contributed by atoms with van der Waals surface area (Å²) >= 11 is 0. The number of nitrogens with zero attached hydrogens (tertiary/aromatic N) is 2. The van der Waals surface area contributed by atoms with Crippen molar-refractivity contribution in [3.05, 3.63) is 65.1 Å². The lowest BCUT2D eigenvalue weighted by Crippen LogP contribution is -2.31. The van der Waals surface area contributed by atoms with Crippen molar-refractivity contribution in [3.63, 3.8) is 0 Å². The Morgan fingerprint density at radius 2 is 1.88 bits per heavy atom. The first kappa shape index (κ1) is 15.3. The van der Waals surface area contributed by atoms with Gasteiger partial charge in [-0.25, -0.2) is 9.52 Å². The van der Waals surface area contributed by atoms with Crippen LogP contribution in [-0.4, -0.2) is 26.8 Å². The zero-order valence-electron chi connectivity index (χ0n) is 12.2. The van der Waals surface area contributed by atoms with Crippen molar-refractivity contribution in [2.24, 2.45) is 0 Å². The zero-order valence-corrected chi connectivity index (χ0v) is 12.2. The number of rotatable bonds is 4. The van der Waals surface area contributed by atoms with Gasteiger partial charge in [-0.3, -0.25) is 0 Å². The average Bonchev–Trinajstić information content (AvgIpc) is 2.94. The van der Waals surface area contributed by atoms with Gasteiger partial charge in [0.15, 0.2) is 5.75 Å². The number of carboxylic acid groups (broad SMARTS) is 2.